The van der Waals surface area contributed by atoms with Crippen LogP contribution in [0.15, 0.2) is 117 Å². The molecule has 0 saturated carbocycles. The van der Waals surface area contributed by atoms with Crippen LogP contribution in [0, 0.1) is 29.6 Å². The number of hydrogen-bond acceptors (Lipinski definition) is 0. The number of hydrogen-bond donors (Lipinski definition) is 0. The van der Waals surface area contributed by atoms with Gasteiger partial charge in [-0.15, -0.1) is 0 Å². The van der Waals surface area contributed by atoms with E-state index in [0.29, 0.717) is 33.2 Å². The van der Waals surface area contributed by atoms with Gasteiger partial charge in [-0.2, -0.15) is 0 Å². The summed E-state index contributed by atoms with van der Waals surface area (Å²) >= 11 is -3.12. The molecule has 4 aromatic rings. The molecule has 0 aromatic heterocycles. The first-order valence-electron chi connectivity index (χ1n) is 20.1. The van der Waals surface area contributed by atoms with Crippen LogP contribution in [0.2, 0.25) is 0 Å². The molecular weight excluding hydrogens is 704 g/mol. The fourth-order valence-corrected chi connectivity index (χ4v) is 20.3. The van der Waals surface area contributed by atoms with Crippen LogP contribution >= 0.6 is 0 Å². The molecule has 0 nitrogen and oxygen atoms in total. The van der Waals surface area contributed by atoms with Crippen LogP contribution in [-0.2, 0) is 32.1 Å². The number of fused-ring (bicyclic) bond motifs is 3. The quantitative estimate of drug-likeness (QED) is 0.167. The Labute approximate surface area is 325 Å². The summed E-state index contributed by atoms with van der Waals surface area (Å²) in [6, 6.07) is 38.3. The number of rotatable bonds is 8. The second kappa shape index (κ2) is 14.7. The number of benzene rings is 4. The van der Waals surface area contributed by atoms with Crippen LogP contribution in [0.4, 0.5) is 0 Å². The van der Waals surface area contributed by atoms with Gasteiger partial charge in [0.2, 0.25) is 0 Å². The van der Waals surface area contributed by atoms with Crippen molar-refractivity contribution in [3.05, 3.63) is 150 Å². The standard InChI is InChI=1S/C21H25.C17H29.C13H10.Zr/c1-20(2,3)16-7-9-18-14(12-16)11-15-13-17(21(4,5)6)8-10-19(15)18;1-10(2)14-9-15(11(3)4)17(13(7)8)16(14)12(5)6;1-3-7-12(8-4-1)11-13-9-5-2-6-10-13;/h7-13H,1-6H3;10-14H,1-8H3;1-10H;. The molecular formula is C51H64Zr. The van der Waals surface area contributed by atoms with Crippen molar-refractivity contribution < 1.29 is 21.3 Å². The fourth-order valence-electron chi connectivity index (χ4n) is 9.36. The maximum atomic E-state index is 2.65. The van der Waals surface area contributed by atoms with E-state index in [1.54, 1.807) is 31.1 Å². The second-order valence-electron chi connectivity index (χ2n) is 18.9. The molecule has 4 aromatic carbocycles. The first kappa shape index (κ1) is 38.8. The van der Waals surface area contributed by atoms with Crippen molar-refractivity contribution >= 4 is 3.21 Å². The fraction of sp³-hybridized carbons (Fsp3) is 0.431. The van der Waals surface area contributed by atoms with Crippen LogP contribution in [-0.4, -0.2) is 3.21 Å². The average molecular weight is 768 g/mol. The van der Waals surface area contributed by atoms with E-state index in [9.17, 15) is 0 Å². The molecule has 2 aliphatic carbocycles. The van der Waals surface area contributed by atoms with Gasteiger partial charge in [-0.1, -0.05) is 0 Å². The van der Waals surface area contributed by atoms with E-state index in [0.717, 1.165) is 0 Å². The molecule has 1 heteroatoms. The van der Waals surface area contributed by atoms with Gasteiger partial charge in [-0.25, -0.2) is 0 Å². The minimum atomic E-state index is -3.12. The van der Waals surface area contributed by atoms with E-state index in [1.165, 1.54) is 33.4 Å². The van der Waals surface area contributed by atoms with Gasteiger partial charge < -0.3 is 0 Å². The second-order valence-corrected chi connectivity index (χ2v) is 24.9. The Morgan fingerprint density at radius 1 is 0.519 bits per heavy atom. The molecule has 1 atom stereocenters. The minimum absolute atomic E-state index is 0.0627. The van der Waals surface area contributed by atoms with Crippen molar-refractivity contribution in [1.82, 2.24) is 0 Å². The first-order valence-corrected chi connectivity index (χ1v) is 23.9. The number of allylic oxidation sites excluding steroid dienone is 4. The van der Waals surface area contributed by atoms with E-state index in [-0.39, 0.29) is 10.8 Å². The summed E-state index contributed by atoms with van der Waals surface area (Å²) in [5, 5.41) is 0. The maximum absolute atomic E-state index is 3.12. The zero-order chi connectivity index (χ0) is 37.9. The molecule has 1 unspecified atom stereocenters. The molecule has 0 saturated heterocycles. The predicted molar refractivity (Wildman–Crippen MR) is 224 cm³/mol. The first-order chi connectivity index (χ1) is 24.4. The van der Waals surface area contributed by atoms with Crippen molar-refractivity contribution in [2.24, 2.45) is 29.6 Å². The molecule has 0 fully saturated rings. The summed E-state index contributed by atoms with van der Waals surface area (Å²) in [6.07, 6.45) is 0. The molecule has 2 aliphatic rings. The van der Waals surface area contributed by atoms with Gasteiger partial charge in [0.25, 0.3) is 0 Å². The third kappa shape index (κ3) is 7.06. The van der Waals surface area contributed by atoms with Crippen molar-refractivity contribution in [2.75, 3.05) is 0 Å². The third-order valence-corrected chi connectivity index (χ3v) is 20.2. The summed E-state index contributed by atoms with van der Waals surface area (Å²) in [6.45, 7) is 34.2. The Morgan fingerprint density at radius 2 is 0.942 bits per heavy atom. The van der Waals surface area contributed by atoms with E-state index < -0.39 is 21.3 Å². The molecule has 0 heterocycles. The van der Waals surface area contributed by atoms with Crippen molar-refractivity contribution in [2.45, 2.75) is 111 Å². The predicted octanol–water partition coefficient (Wildman–Crippen LogP) is 14.0. The van der Waals surface area contributed by atoms with Gasteiger partial charge in [-0.3, -0.25) is 0 Å². The van der Waals surface area contributed by atoms with Gasteiger partial charge >= 0.3 is 327 Å². The summed E-state index contributed by atoms with van der Waals surface area (Å²) in [5.74, 6) is 2.41. The summed E-state index contributed by atoms with van der Waals surface area (Å²) in [5.41, 5.74) is 17.0. The molecule has 52 heavy (non-hydrogen) atoms. The molecule has 0 radical (unpaired) electrons. The van der Waals surface area contributed by atoms with Gasteiger partial charge in [0, 0.05) is 0 Å². The normalized spacial score (nSPS) is 16.5. The molecule has 6 rings (SSSR count). The Hall–Kier alpha value is -2.89. The van der Waals surface area contributed by atoms with Crippen molar-refractivity contribution in [1.29, 1.82) is 0 Å². The van der Waals surface area contributed by atoms with Crippen molar-refractivity contribution in [3.63, 3.8) is 0 Å². The Morgan fingerprint density at radius 3 is 1.29 bits per heavy atom. The molecule has 0 aliphatic heterocycles. The average Bonchev–Trinajstić information content (AvgIpc) is 3.61. The molecule has 0 amide bonds. The SMILES string of the molecule is CC(C)C1=C(C(C)C)C(C(C)C)[C]([Zr](=[C](c2ccccc2)c2ccccc2)[CH]2c3cc(C(C)(C)C)ccc3-c3ccc(C(C)(C)C)cc32)=C1C(C)C. The van der Waals surface area contributed by atoms with Gasteiger partial charge in [0.05, 0.1) is 0 Å². The van der Waals surface area contributed by atoms with E-state index in [2.05, 4.69) is 194 Å². The van der Waals surface area contributed by atoms with Crippen molar-refractivity contribution in [3.8, 4) is 11.1 Å². The van der Waals surface area contributed by atoms with Gasteiger partial charge in [0.1, 0.15) is 0 Å². The van der Waals surface area contributed by atoms with Crippen LogP contribution in [0.1, 0.15) is 134 Å². The topological polar surface area (TPSA) is 0 Å². The van der Waals surface area contributed by atoms with Crippen LogP contribution in [0.5, 0.6) is 0 Å². The van der Waals surface area contributed by atoms with Crippen LogP contribution in [0.3, 0.4) is 0 Å². The van der Waals surface area contributed by atoms with E-state index in [4.69, 9.17) is 0 Å². The van der Waals surface area contributed by atoms with Crippen LogP contribution < -0.4 is 0 Å². The zero-order valence-corrected chi connectivity index (χ0v) is 37.2. The molecule has 272 valence electrons. The molecule has 0 N–H and O–H groups in total. The van der Waals surface area contributed by atoms with Gasteiger partial charge in [-0.05, 0) is 0 Å². The monoisotopic (exact) mass is 766 g/mol. The summed E-state index contributed by atoms with van der Waals surface area (Å²) < 4.78 is 3.88. The molecule has 0 bridgehead atoms. The Kier molecular flexibility index (Phi) is 11.0. The third-order valence-electron chi connectivity index (χ3n) is 11.7. The Bertz CT molecular complexity index is 1930. The molecule has 0 spiro atoms. The summed E-state index contributed by atoms with van der Waals surface area (Å²) in [4.78, 5) is 0. The summed E-state index contributed by atoms with van der Waals surface area (Å²) in [7, 11) is 0. The van der Waals surface area contributed by atoms with E-state index >= 15 is 0 Å². The Balaban J connectivity index is 1.89. The van der Waals surface area contributed by atoms with Gasteiger partial charge in [0.15, 0.2) is 0 Å². The van der Waals surface area contributed by atoms with Crippen LogP contribution in [0.25, 0.3) is 11.1 Å². The zero-order valence-electron chi connectivity index (χ0n) is 34.7. The van der Waals surface area contributed by atoms with E-state index in [1.807, 2.05) is 3.28 Å².